The van der Waals surface area contributed by atoms with Crippen molar-refractivity contribution < 1.29 is 9.32 Å². The van der Waals surface area contributed by atoms with Crippen molar-refractivity contribution in [2.24, 2.45) is 0 Å². The summed E-state index contributed by atoms with van der Waals surface area (Å²) in [6.07, 6.45) is 0. The Morgan fingerprint density at radius 1 is 1.14 bits per heavy atom. The number of rotatable bonds is 5. The highest BCUT2D eigenvalue weighted by Gasteiger charge is 2.25. The van der Waals surface area contributed by atoms with Gasteiger partial charge in [-0.3, -0.25) is 9.69 Å². The third kappa shape index (κ3) is 3.55. The summed E-state index contributed by atoms with van der Waals surface area (Å²) >= 11 is 1.52. The molecule has 4 aromatic rings. The number of anilines is 1. The first-order valence-corrected chi connectivity index (χ1v) is 10.0. The first-order valence-electron chi connectivity index (χ1n) is 9.21. The number of aromatic nitrogens is 2. The van der Waals surface area contributed by atoms with Crippen LogP contribution < -0.4 is 4.90 Å². The summed E-state index contributed by atoms with van der Waals surface area (Å²) in [5.41, 5.74) is 3.46. The summed E-state index contributed by atoms with van der Waals surface area (Å²) in [6.45, 7) is 6.50. The molecule has 0 unspecified atom stereocenters. The van der Waals surface area contributed by atoms with Gasteiger partial charge < -0.3 is 4.52 Å². The summed E-state index contributed by atoms with van der Waals surface area (Å²) in [7, 11) is 0. The van der Waals surface area contributed by atoms with Crippen molar-refractivity contribution in [2.45, 2.75) is 33.2 Å². The van der Waals surface area contributed by atoms with Gasteiger partial charge in [-0.05, 0) is 30.0 Å². The fourth-order valence-electron chi connectivity index (χ4n) is 3.14. The predicted molar refractivity (Wildman–Crippen MR) is 112 cm³/mol. The number of carbonyl (C=O) groups is 1. The fourth-order valence-corrected chi connectivity index (χ4v) is 4.14. The van der Waals surface area contributed by atoms with Gasteiger partial charge in [0.1, 0.15) is 5.76 Å². The van der Waals surface area contributed by atoms with Crippen molar-refractivity contribution in [1.29, 1.82) is 0 Å². The molecule has 4 rings (SSSR count). The number of amides is 1. The molecule has 5 nitrogen and oxygen atoms in total. The summed E-state index contributed by atoms with van der Waals surface area (Å²) in [5.74, 6) is 0.746. The zero-order valence-corrected chi connectivity index (χ0v) is 16.9. The van der Waals surface area contributed by atoms with Crippen LogP contribution in [0.5, 0.6) is 0 Å². The molecule has 0 aliphatic heterocycles. The number of benzene rings is 2. The van der Waals surface area contributed by atoms with Gasteiger partial charge in [0.15, 0.2) is 10.8 Å². The van der Waals surface area contributed by atoms with Gasteiger partial charge >= 0.3 is 0 Å². The van der Waals surface area contributed by atoms with Gasteiger partial charge in [0.2, 0.25) is 0 Å². The van der Waals surface area contributed by atoms with Crippen molar-refractivity contribution in [3.05, 3.63) is 77.2 Å². The Morgan fingerprint density at radius 3 is 2.61 bits per heavy atom. The molecule has 1 amide bonds. The third-order valence-electron chi connectivity index (χ3n) is 4.57. The van der Waals surface area contributed by atoms with E-state index in [0.717, 1.165) is 15.8 Å². The Morgan fingerprint density at radius 2 is 1.93 bits per heavy atom. The predicted octanol–water partition coefficient (Wildman–Crippen LogP) is 5.56. The van der Waals surface area contributed by atoms with E-state index in [2.05, 4.69) is 25.1 Å². The van der Waals surface area contributed by atoms with E-state index in [9.17, 15) is 4.79 Å². The number of para-hydroxylation sites is 1. The molecular weight excluding hydrogens is 370 g/mol. The molecule has 0 spiro atoms. The lowest BCUT2D eigenvalue weighted by Crippen LogP contribution is -2.30. The Labute approximate surface area is 167 Å². The second-order valence-corrected chi connectivity index (χ2v) is 8.05. The summed E-state index contributed by atoms with van der Waals surface area (Å²) in [5, 5.41) is 4.58. The maximum Gasteiger partial charge on any atom is 0.282 e. The smallest absolute Gasteiger partial charge is 0.282 e. The number of thiazole rings is 1. The molecule has 0 aliphatic carbocycles. The molecule has 2 heterocycles. The average Bonchev–Trinajstić information content (AvgIpc) is 3.32. The lowest BCUT2D eigenvalue weighted by molar-refractivity contribution is 0.0976. The van der Waals surface area contributed by atoms with Crippen LogP contribution in [0.1, 0.15) is 47.1 Å². The minimum Gasteiger partial charge on any atom is -0.361 e. The second kappa shape index (κ2) is 7.56. The molecule has 0 bridgehead atoms. The van der Waals surface area contributed by atoms with Crippen LogP contribution in [0.15, 0.2) is 59.1 Å². The van der Waals surface area contributed by atoms with Gasteiger partial charge in [0.25, 0.3) is 5.91 Å². The van der Waals surface area contributed by atoms with Gasteiger partial charge in [0, 0.05) is 6.07 Å². The van der Waals surface area contributed by atoms with Crippen LogP contribution >= 0.6 is 11.3 Å². The molecule has 0 saturated carbocycles. The molecule has 0 saturated heterocycles. The Kier molecular flexibility index (Phi) is 4.96. The van der Waals surface area contributed by atoms with Crippen molar-refractivity contribution in [1.82, 2.24) is 10.1 Å². The van der Waals surface area contributed by atoms with Gasteiger partial charge in [0.05, 0.1) is 16.8 Å². The molecular formula is C22H21N3O2S. The van der Waals surface area contributed by atoms with E-state index in [-0.39, 0.29) is 11.6 Å². The zero-order chi connectivity index (χ0) is 19.7. The summed E-state index contributed by atoms with van der Waals surface area (Å²) < 4.78 is 6.19. The van der Waals surface area contributed by atoms with E-state index in [4.69, 9.17) is 9.51 Å². The zero-order valence-electron chi connectivity index (χ0n) is 16.0. The van der Waals surface area contributed by atoms with Crippen LogP contribution in [0.3, 0.4) is 0 Å². The van der Waals surface area contributed by atoms with E-state index >= 15 is 0 Å². The van der Waals surface area contributed by atoms with E-state index in [0.29, 0.717) is 23.4 Å². The van der Waals surface area contributed by atoms with Crippen LogP contribution in [0.4, 0.5) is 5.13 Å². The maximum atomic E-state index is 13.2. The molecule has 142 valence electrons. The number of fused-ring (bicyclic) bond motifs is 1. The highest BCUT2D eigenvalue weighted by molar-refractivity contribution is 7.22. The number of nitrogens with zero attached hydrogens (tertiary/aromatic N) is 3. The Hall–Kier alpha value is -2.99. The molecule has 0 fully saturated rings. The fraction of sp³-hybridized carbons (Fsp3) is 0.227. The quantitative estimate of drug-likeness (QED) is 0.447. The molecule has 0 aliphatic rings. The van der Waals surface area contributed by atoms with Crippen molar-refractivity contribution in [3.63, 3.8) is 0 Å². The first kappa shape index (κ1) is 18.4. The largest absolute Gasteiger partial charge is 0.361 e. The maximum absolute atomic E-state index is 13.2. The van der Waals surface area contributed by atoms with Crippen molar-refractivity contribution >= 4 is 32.6 Å². The van der Waals surface area contributed by atoms with Crippen molar-refractivity contribution in [3.8, 4) is 0 Å². The minimum atomic E-state index is -0.217. The normalized spacial score (nSPS) is 11.3. The monoisotopic (exact) mass is 391 g/mol. The van der Waals surface area contributed by atoms with Crippen LogP contribution in [0, 0.1) is 6.92 Å². The first-order chi connectivity index (χ1) is 13.5. The Balaban J connectivity index is 1.79. The molecule has 2 aromatic heterocycles. The average molecular weight is 391 g/mol. The number of aryl methyl sites for hydroxylation is 1. The topological polar surface area (TPSA) is 59.2 Å². The van der Waals surface area contributed by atoms with E-state index < -0.39 is 0 Å². The van der Waals surface area contributed by atoms with Crippen LogP contribution in [0.2, 0.25) is 0 Å². The van der Waals surface area contributed by atoms with Gasteiger partial charge in [-0.1, -0.05) is 72.8 Å². The van der Waals surface area contributed by atoms with Crippen LogP contribution in [-0.2, 0) is 6.54 Å². The van der Waals surface area contributed by atoms with E-state index in [1.807, 2.05) is 42.5 Å². The number of hydrogen-bond acceptors (Lipinski definition) is 5. The number of carbonyl (C=O) groups excluding carboxylic acids is 1. The molecule has 0 radical (unpaired) electrons. The summed E-state index contributed by atoms with van der Waals surface area (Å²) in [6, 6.07) is 17.7. The lowest BCUT2D eigenvalue weighted by atomic mass is 10.0. The Bertz CT molecular complexity index is 1120. The standard InChI is InChI=1S/C22H21N3O2S/c1-14(2)17-10-7-11-19-20(17)23-22(28-19)25(13-16-8-5-4-6-9-16)21(26)18-12-15(3)27-24-18/h4-12,14H,13H2,1-3H3. The van der Waals surface area contributed by atoms with E-state index in [1.165, 1.54) is 16.9 Å². The lowest BCUT2D eigenvalue weighted by Gasteiger charge is -2.18. The summed E-state index contributed by atoms with van der Waals surface area (Å²) in [4.78, 5) is 19.8. The second-order valence-electron chi connectivity index (χ2n) is 7.04. The number of hydrogen-bond donors (Lipinski definition) is 0. The molecule has 6 heteroatoms. The third-order valence-corrected chi connectivity index (χ3v) is 5.61. The van der Waals surface area contributed by atoms with Crippen molar-refractivity contribution in [2.75, 3.05) is 4.90 Å². The van der Waals surface area contributed by atoms with Gasteiger partial charge in [-0.15, -0.1) is 0 Å². The minimum absolute atomic E-state index is 0.217. The van der Waals surface area contributed by atoms with E-state index in [1.54, 1.807) is 17.9 Å². The SMILES string of the molecule is Cc1cc(C(=O)N(Cc2ccccc2)c2nc3c(C(C)C)cccc3s2)no1. The van der Waals surface area contributed by atoms with Crippen LogP contribution in [0.25, 0.3) is 10.2 Å². The molecule has 2 aromatic carbocycles. The highest BCUT2D eigenvalue weighted by atomic mass is 32.1. The molecule has 28 heavy (non-hydrogen) atoms. The van der Waals surface area contributed by atoms with Gasteiger partial charge in [-0.25, -0.2) is 4.98 Å². The molecule has 0 N–H and O–H groups in total. The highest BCUT2D eigenvalue weighted by Crippen LogP contribution is 2.34. The van der Waals surface area contributed by atoms with Gasteiger partial charge in [-0.2, -0.15) is 0 Å². The van der Waals surface area contributed by atoms with Crippen LogP contribution in [-0.4, -0.2) is 16.0 Å². The molecule has 0 atom stereocenters.